The van der Waals surface area contributed by atoms with Crippen molar-refractivity contribution in [3.8, 4) is 0 Å². The summed E-state index contributed by atoms with van der Waals surface area (Å²) in [5, 5.41) is 3.68. The fourth-order valence-corrected chi connectivity index (χ4v) is 3.12. The Hall–Kier alpha value is -0.0800. The fraction of sp³-hybridized carbons (Fsp3) is 1.00. The van der Waals surface area contributed by atoms with Crippen molar-refractivity contribution in [2.75, 3.05) is 19.6 Å². The first-order valence-electron chi connectivity index (χ1n) is 6.75. The SMILES string of the molecule is CC1(N2CCC(CNC3CC3)C2)CCC1. The average Bonchev–Trinajstić information content (AvgIpc) is 2.90. The summed E-state index contributed by atoms with van der Waals surface area (Å²) in [4.78, 5) is 2.76. The lowest BCUT2D eigenvalue weighted by molar-refractivity contribution is 0.0508. The van der Waals surface area contributed by atoms with Crippen molar-refractivity contribution in [3.63, 3.8) is 0 Å². The molecule has 3 fully saturated rings. The topological polar surface area (TPSA) is 15.3 Å². The van der Waals surface area contributed by atoms with Gasteiger partial charge in [0.1, 0.15) is 0 Å². The standard InChI is InChI=1S/C13H24N2/c1-13(6-2-7-13)15-8-5-11(10-15)9-14-12-3-4-12/h11-12,14H,2-10H2,1H3. The van der Waals surface area contributed by atoms with E-state index < -0.39 is 0 Å². The predicted octanol–water partition coefficient (Wildman–Crippen LogP) is 2.00. The Labute approximate surface area is 93.4 Å². The maximum atomic E-state index is 3.68. The van der Waals surface area contributed by atoms with Crippen LogP contribution in [0.4, 0.5) is 0 Å². The zero-order valence-corrected chi connectivity index (χ0v) is 9.97. The molecule has 0 bridgehead atoms. The van der Waals surface area contributed by atoms with E-state index in [2.05, 4.69) is 17.1 Å². The van der Waals surface area contributed by atoms with Gasteiger partial charge in [-0.05, 0) is 64.5 Å². The third-order valence-electron chi connectivity index (χ3n) is 4.75. The Morgan fingerprint density at radius 2 is 2.07 bits per heavy atom. The first-order chi connectivity index (χ1) is 7.26. The van der Waals surface area contributed by atoms with E-state index in [1.54, 1.807) is 0 Å². The molecule has 1 saturated heterocycles. The molecule has 86 valence electrons. The molecule has 1 unspecified atom stereocenters. The summed E-state index contributed by atoms with van der Waals surface area (Å²) >= 11 is 0. The molecule has 2 aliphatic carbocycles. The minimum atomic E-state index is 0.592. The highest BCUT2D eigenvalue weighted by Crippen LogP contribution is 2.39. The fourth-order valence-electron chi connectivity index (χ4n) is 3.12. The molecule has 0 aromatic rings. The summed E-state index contributed by atoms with van der Waals surface area (Å²) in [6, 6.07) is 0.887. The van der Waals surface area contributed by atoms with Crippen molar-refractivity contribution in [2.45, 2.75) is 57.0 Å². The molecule has 1 aliphatic heterocycles. The van der Waals surface area contributed by atoms with E-state index >= 15 is 0 Å². The zero-order valence-electron chi connectivity index (χ0n) is 9.97. The highest BCUT2D eigenvalue weighted by Gasteiger charge is 2.41. The van der Waals surface area contributed by atoms with E-state index in [-0.39, 0.29) is 0 Å². The van der Waals surface area contributed by atoms with Gasteiger partial charge in [-0.15, -0.1) is 0 Å². The van der Waals surface area contributed by atoms with Gasteiger partial charge in [-0.1, -0.05) is 0 Å². The van der Waals surface area contributed by atoms with Crippen molar-refractivity contribution >= 4 is 0 Å². The monoisotopic (exact) mass is 208 g/mol. The van der Waals surface area contributed by atoms with Crippen molar-refractivity contribution in [2.24, 2.45) is 5.92 Å². The maximum Gasteiger partial charge on any atom is 0.0181 e. The van der Waals surface area contributed by atoms with E-state index in [1.165, 1.54) is 58.2 Å². The highest BCUT2D eigenvalue weighted by molar-refractivity contribution is 4.97. The van der Waals surface area contributed by atoms with Crippen LogP contribution in [0.25, 0.3) is 0 Å². The number of likely N-dealkylation sites (tertiary alicyclic amines) is 1. The number of hydrogen-bond acceptors (Lipinski definition) is 2. The quantitative estimate of drug-likeness (QED) is 0.760. The average molecular weight is 208 g/mol. The summed E-state index contributed by atoms with van der Waals surface area (Å²) in [6.07, 6.45) is 8.61. The van der Waals surface area contributed by atoms with E-state index in [0.717, 1.165) is 12.0 Å². The Morgan fingerprint density at radius 3 is 2.67 bits per heavy atom. The van der Waals surface area contributed by atoms with Gasteiger partial charge in [0.05, 0.1) is 0 Å². The first kappa shape index (κ1) is 10.1. The van der Waals surface area contributed by atoms with E-state index in [1.807, 2.05) is 0 Å². The Kier molecular flexibility index (Phi) is 2.52. The smallest absolute Gasteiger partial charge is 0.0181 e. The van der Waals surface area contributed by atoms with Crippen LogP contribution in [0, 0.1) is 5.92 Å². The molecule has 0 aromatic heterocycles. The van der Waals surface area contributed by atoms with Gasteiger partial charge in [0.2, 0.25) is 0 Å². The molecule has 1 atom stereocenters. The lowest BCUT2D eigenvalue weighted by Crippen LogP contribution is -2.50. The largest absolute Gasteiger partial charge is 0.314 e. The number of rotatable bonds is 4. The van der Waals surface area contributed by atoms with Gasteiger partial charge in [-0.25, -0.2) is 0 Å². The van der Waals surface area contributed by atoms with Crippen molar-refractivity contribution in [3.05, 3.63) is 0 Å². The van der Waals surface area contributed by atoms with Gasteiger partial charge in [-0.3, -0.25) is 4.90 Å². The van der Waals surface area contributed by atoms with Crippen molar-refractivity contribution in [1.82, 2.24) is 10.2 Å². The maximum absolute atomic E-state index is 3.68. The minimum Gasteiger partial charge on any atom is -0.314 e. The molecule has 2 saturated carbocycles. The molecule has 1 N–H and O–H groups in total. The second-order valence-electron chi connectivity index (χ2n) is 6.13. The molecule has 15 heavy (non-hydrogen) atoms. The zero-order chi connectivity index (χ0) is 10.3. The molecule has 0 aromatic carbocycles. The van der Waals surface area contributed by atoms with Crippen LogP contribution in [0.3, 0.4) is 0 Å². The Balaban J connectivity index is 1.45. The summed E-state index contributed by atoms with van der Waals surface area (Å²) in [5.74, 6) is 0.933. The highest BCUT2D eigenvalue weighted by atomic mass is 15.2. The van der Waals surface area contributed by atoms with Crippen LogP contribution >= 0.6 is 0 Å². The van der Waals surface area contributed by atoms with E-state index in [9.17, 15) is 0 Å². The number of hydrogen-bond donors (Lipinski definition) is 1. The van der Waals surface area contributed by atoms with Gasteiger partial charge in [0.15, 0.2) is 0 Å². The Morgan fingerprint density at radius 1 is 1.27 bits per heavy atom. The molecule has 2 heteroatoms. The predicted molar refractivity (Wildman–Crippen MR) is 63.0 cm³/mol. The molecular weight excluding hydrogens is 184 g/mol. The van der Waals surface area contributed by atoms with Crippen LogP contribution in [0.15, 0.2) is 0 Å². The summed E-state index contributed by atoms with van der Waals surface area (Å²) in [7, 11) is 0. The van der Waals surface area contributed by atoms with Gasteiger partial charge in [-0.2, -0.15) is 0 Å². The summed E-state index contributed by atoms with van der Waals surface area (Å²) < 4.78 is 0. The molecule has 1 heterocycles. The lowest BCUT2D eigenvalue weighted by Gasteiger charge is -2.46. The number of nitrogens with one attached hydrogen (secondary N) is 1. The minimum absolute atomic E-state index is 0.592. The van der Waals surface area contributed by atoms with E-state index in [4.69, 9.17) is 0 Å². The third kappa shape index (κ3) is 2.07. The lowest BCUT2D eigenvalue weighted by atomic mass is 9.77. The van der Waals surface area contributed by atoms with Gasteiger partial charge in [0, 0.05) is 18.1 Å². The molecule has 3 aliphatic rings. The van der Waals surface area contributed by atoms with Crippen LogP contribution < -0.4 is 5.32 Å². The third-order valence-corrected chi connectivity index (χ3v) is 4.75. The summed E-state index contributed by atoms with van der Waals surface area (Å²) in [5.41, 5.74) is 0.592. The van der Waals surface area contributed by atoms with Crippen molar-refractivity contribution in [1.29, 1.82) is 0 Å². The molecular formula is C13H24N2. The van der Waals surface area contributed by atoms with Gasteiger partial charge >= 0.3 is 0 Å². The summed E-state index contributed by atoms with van der Waals surface area (Å²) in [6.45, 7) is 6.45. The van der Waals surface area contributed by atoms with Crippen LogP contribution in [0.2, 0.25) is 0 Å². The first-order valence-corrected chi connectivity index (χ1v) is 6.75. The van der Waals surface area contributed by atoms with Gasteiger partial charge in [0.25, 0.3) is 0 Å². The molecule has 2 nitrogen and oxygen atoms in total. The Bertz CT molecular complexity index is 231. The van der Waals surface area contributed by atoms with Crippen LogP contribution in [0.1, 0.15) is 45.4 Å². The van der Waals surface area contributed by atoms with Crippen LogP contribution in [0.5, 0.6) is 0 Å². The molecule has 3 rings (SSSR count). The number of nitrogens with zero attached hydrogens (tertiary/aromatic N) is 1. The van der Waals surface area contributed by atoms with E-state index in [0.29, 0.717) is 5.54 Å². The molecule has 0 radical (unpaired) electrons. The van der Waals surface area contributed by atoms with Crippen LogP contribution in [-0.4, -0.2) is 36.1 Å². The second-order valence-corrected chi connectivity index (χ2v) is 6.13. The normalized spacial score (nSPS) is 35.4. The van der Waals surface area contributed by atoms with Crippen molar-refractivity contribution < 1.29 is 0 Å². The molecule has 0 spiro atoms. The van der Waals surface area contributed by atoms with Gasteiger partial charge < -0.3 is 5.32 Å². The second kappa shape index (κ2) is 3.74. The van der Waals surface area contributed by atoms with Crippen LogP contribution in [-0.2, 0) is 0 Å². The molecule has 0 amide bonds.